The van der Waals surface area contributed by atoms with Crippen molar-refractivity contribution in [3.63, 3.8) is 0 Å². The Kier molecular flexibility index (Phi) is 3.96. The molecule has 19 heavy (non-hydrogen) atoms. The zero-order valence-corrected chi connectivity index (χ0v) is 11.2. The largest absolute Gasteiger partial charge is 0.481 e. The van der Waals surface area contributed by atoms with Crippen molar-refractivity contribution in [3.05, 3.63) is 51.0 Å². The fraction of sp³-hybridized carbons (Fsp3) is 0.0833. The fourth-order valence-corrected chi connectivity index (χ4v) is 1.75. The van der Waals surface area contributed by atoms with E-state index in [1.807, 2.05) is 0 Å². The summed E-state index contributed by atoms with van der Waals surface area (Å²) in [5.74, 6) is -0.528. The number of halogens is 1. The van der Waals surface area contributed by atoms with Gasteiger partial charge in [-0.15, -0.1) is 0 Å². The first kappa shape index (κ1) is 13.3. The Morgan fingerprint density at radius 3 is 2.89 bits per heavy atom. The van der Waals surface area contributed by atoms with Crippen molar-refractivity contribution in [3.8, 4) is 11.6 Å². The molecular weight excluding hydrogens is 316 g/mol. The van der Waals surface area contributed by atoms with Gasteiger partial charge >= 0.3 is 5.97 Å². The number of ether oxygens (including phenoxy) is 1. The van der Waals surface area contributed by atoms with Crippen LogP contribution in [0, 0.1) is 0 Å². The van der Waals surface area contributed by atoms with Gasteiger partial charge in [0.2, 0.25) is 5.88 Å². The van der Waals surface area contributed by atoms with Crippen LogP contribution >= 0.6 is 15.9 Å². The molecule has 0 aliphatic rings. The third-order valence-corrected chi connectivity index (χ3v) is 2.98. The molecule has 2 N–H and O–H groups in total. The quantitative estimate of drug-likeness (QED) is 0.896. The van der Waals surface area contributed by atoms with Crippen LogP contribution in [0.25, 0.3) is 0 Å². The summed E-state index contributed by atoms with van der Waals surface area (Å²) in [5.41, 5.74) is 0.129. The lowest BCUT2D eigenvalue weighted by Gasteiger charge is -2.09. The monoisotopic (exact) mass is 324 g/mol. The first-order chi connectivity index (χ1) is 9.08. The highest BCUT2D eigenvalue weighted by molar-refractivity contribution is 9.10. The minimum Gasteiger partial charge on any atom is -0.481 e. The molecule has 98 valence electrons. The molecule has 1 aromatic carbocycles. The summed E-state index contributed by atoms with van der Waals surface area (Å²) in [6, 6.07) is 6.69. The first-order valence-corrected chi connectivity index (χ1v) is 6.08. The molecular formula is C12H9BrN2O4. The minimum atomic E-state index is -0.964. The molecule has 0 unspecified atom stereocenters. The lowest BCUT2D eigenvalue weighted by atomic mass is 10.1. The number of carbonyl (C=O) groups is 1. The third kappa shape index (κ3) is 3.19. The third-order valence-electron chi connectivity index (χ3n) is 2.29. The molecule has 1 aromatic heterocycles. The normalized spacial score (nSPS) is 10.2. The molecule has 1 heterocycles. The van der Waals surface area contributed by atoms with Gasteiger partial charge in [-0.25, -0.2) is 4.98 Å². The van der Waals surface area contributed by atoms with Crippen LogP contribution in [0.1, 0.15) is 5.56 Å². The van der Waals surface area contributed by atoms with Gasteiger partial charge in [-0.1, -0.05) is 18.2 Å². The summed E-state index contributed by atoms with van der Waals surface area (Å²) in [5, 5.41) is 8.82. The van der Waals surface area contributed by atoms with E-state index in [9.17, 15) is 9.59 Å². The molecule has 0 fully saturated rings. The second-order valence-corrected chi connectivity index (χ2v) is 4.42. The van der Waals surface area contributed by atoms with Crippen molar-refractivity contribution in [2.45, 2.75) is 6.42 Å². The first-order valence-electron chi connectivity index (χ1n) is 5.28. The second-order valence-electron chi connectivity index (χ2n) is 3.63. The number of H-pyrrole nitrogens is 1. The van der Waals surface area contributed by atoms with Gasteiger partial charge < -0.3 is 14.8 Å². The fourth-order valence-electron chi connectivity index (χ4n) is 1.45. The maximum atomic E-state index is 11.4. The Morgan fingerprint density at radius 2 is 2.16 bits per heavy atom. The summed E-state index contributed by atoms with van der Waals surface area (Å²) < 4.78 is 5.63. The van der Waals surface area contributed by atoms with E-state index in [0.717, 1.165) is 0 Å². The number of para-hydroxylation sites is 1. The van der Waals surface area contributed by atoms with Gasteiger partial charge in [0.15, 0.2) is 0 Å². The molecule has 7 heteroatoms. The Bertz CT molecular complexity index is 669. The predicted molar refractivity (Wildman–Crippen MR) is 70.4 cm³/mol. The number of aliphatic carboxylic acids is 1. The maximum Gasteiger partial charge on any atom is 0.307 e. The average molecular weight is 325 g/mol. The van der Waals surface area contributed by atoms with Gasteiger partial charge in [0.1, 0.15) is 10.2 Å². The Hall–Kier alpha value is -2.15. The van der Waals surface area contributed by atoms with Gasteiger partial charge in [-0.05, 0) is 22.0 Å². The summed E-state index contributed by atoms with van der Waals surface area (Å²) in [6.45, 7) is 0. The predicted octanol–water partition coefficient (Wildman–Crippen LogP) is 1.95. The zero-order valence-electron chi connectivity index (χ0n) is 9.59. The van der Waals surface area contributed by atoms with Gasteiger partial charge in [0, 0.05) is 5.56 Å². The number of aromatic amines is 1. The number of benzene rings is 1. The minimum absolute atomic E-state index is 0.0848. The van der Waals surface area contributed by atoms with E-state index < -0.39 is 5.97 Å². The Labute approximate surface area is 116 Å². The van der Waals surface area contributed by atoms with Gasteiger partial charge in [-0.3, -0.25) is 9.59 Å². The highest BCUT2D eigenvalue weighted by atomic mass is 79.9. The molecule has 0 bridgehead atoms. The topological polar surface area (TPSA) is 92.3 Å². The van der Waals surface area contributed by atoms with Crippen LogP contribution in [0.5, 0.6) is 11.6 Å². The SMILES string of the molecule is O=C(O)Cc1ccccc1Oc1nc[nH]c(=O)c1Br. The summed E-state index contributed by atoms with van der Waals surface area (Å²) >= 11 is 3.07. The zero-order chi connectivity index (χ0) is 13.8. The lowest BCUT2D eigenvalue weighted by Crippen LogP contribution is -2.09. The van der Waals surface area contributed by atoms with Crippen LogP contribution in [0.3, 0.4) is 0 Å². The van der Waals surface area contributed by atoms with E-state index in [0.29, 0.717) is 11.3 Å². The molecule has 2 rings (SSSR count). The number of carboxylic acid groups (broad SMARTS) is 1. The molecule has 0 aliphatic carbocycles. The lowest BCUT2D eigenvalue weighted by molar-refractivity contribution is -0.136. The number of hydrogen-bond acceptors (Lipinski definition) is 4. The van der Waals surface area contributed by atoms with Crippen LogP contribution in [0.4, 0.5) is 0 Å². The summed E-state index contributed by atoms with van der Waals surface area (Å²) in [4.78, 5) is 28.4. The molecule has 0 saturated heterocycles. The summed E-state index contributed by atoms with van der Waals surface area (Å²) in [7, 11) is 0. The molecule has 6 nitrogen and oxygen atoms in total. The van der Waals surface area contributed by atoms with Crippen LogP contribution in [0.15, 0.2) is 39.9 Å². The second kappa shape index (κ2) is 5.66. The molecule has 0 aliphatic heterocycles. The Balaban J connectivity index is 2.35. The molecule has 0 saturated carbocycles. The van der Waals surface area contributed by atoms with Crippen molar-refractivity contribution >= 4 is 21.9 Å². The van der Waals surface area contributed by atoms with Crippen LogP contribution in [-0.2, 0) is 11.2 Å². The number of hydrogen-bond donors (Lipinski definition) is 2. The number of nitrogens with zero attached hydrogens (tertiary/aromatic N) is 1. The van der Waals surface area contributed by atoms with E-state index in [-0.39, 0.29) is 22.3 Å². The molecule has 0 spiro atoms. The molecule has 0 atom stereocenters. The van der Waals surface area contributed by atoms with Crippen molar-refractivity contribution in [2.75, 3.05) is 0 Å². The van der Waals surface area contributed by atoms with Crippen LogP contribution < -0.4 is 10.3 Å². The van der Waals surface area contributed by atoms with E-state index in [2.05, 4.69) is 25.9 Å². The van der Waals surface area contributed by atoms with E-state index in [1.54, 1.807) is 24.3 Å². The maximum absolute atomic E-state index is 11.4. The van der Waals surface area contributed by atoms with Gasteiger partial charge in [0.25, 0.3) is 5.56 Å². The number of aromatic nitrogens is 2. The van der Waals surface area contributed by atoms with Gasteiger partial charge in [0.05, 0.1) is 12.7 Å². The molecule has 0 amide bonds. The van der Waals surface area contributed by atoms with Crippen molar-refractivity contribution in [1.82, 2.24) is 9.97 Å². The van der Waals surface area contributed by atoms with Crippen LogP contribution in [0.2, 0.25) is 0 Å². The van der Waals surface area contributed by atoms with E-state index in [1.165, 1.54) is 6.33 Å². The van der Waals surface area contributed by atoms with Crippen molar-refractivity contribution in [2.24, 2.45) is 0 Å². The summed E-state index contributed by atoms with van der Waals surface area (Å²) in [6.07, 6.45) is 1.04. The van der Waals surface area contributed by atoms with Crippen molar-refractivity contribution in [1.29, 1.82) is 0 Å². The number of nitrogens with one attached hydrogen (secondary N) is 1. The van der Waals surface area contributed by atoms with Gasteiger partial charge in [-0.2, -0.15) is 0 Å². The number of rotatable bonds is 4. The molecule has 0 radical (unpaired) electrons. The molecule has 2 aromatic rings. The number of carboxylic acids is 1. The smallest absolute Gasteiger partial charge is 0.307 e. The standard InChI is InChI=1S/C12H9BrN2O4/c13-10-11(18)14-6-15-12(10)19-8-4-2-1-3-7(8)5-9(16)17/h1-4,6H,5H2,(H,16,17)(H,14,15,18). The highest BCUT2D eigenvalue weighted by Crippen LogP contribution is 2.27. The van der Waals surface area contributed by atoms with E-state index >= 15 is 0 Å². The van der Waals surface area contributed by atoms with E-state index in [4.69, 9.17) is 9.84 Å². The average Bonchev–Trinajstić information content (AvgIpc) is 2.36. The van der Waals surface area contributed by atoms with Crippen LogP contribution in [-0.4, -0.2) is 21.0 Å². The Morgan fingerprint density at radius 1 is 1.42 bits per heavy atom. The highest BCUT2D eigenvalue weighted by Gasteiger charge is 2.12. The van der Waals surface area contributed by atoms with Crippen molar-refractivity contribution < 1.29 is 14.6 Å².